The number of nitrogens with zero attached hydrogens (tertiary/aromatic N) is 5. The van der Waals surface area contributed by atoms with Crippen LogP contribution in [-0.2, 0) is 11.8 Å². The molecule has 4 heterocycles. The van der Waals surface area contributed by atoms with Crippen molar-refractivity contribution in [3.63, 3.8) is 0 Å². The van der Waals surface area contributed by atoms with Crippen LogP contribution in [-0.4, -0.2) is 43.2 Å². The molecule has 1 atom stereocenters. The third-order valence-electron chi connectivity index (χ3n) is 8.27. The van der Waals surface area contributed by atoms with E-state index in [1.165, 1.54) is 11.1 Å². The Morgan fingerprint density at radius 3 is 2.53 bits per heavy atom. The summed E-state index contributed by atoms with van der Waals surface area (Å²) in [4.78, 5) is 32.1. The van der Waals surface area contributed by atoms with Crippen molar-refractivity contribution in [2.24, 2.45) is 11.1 Å². The van der Waals surface area contributed by atoms with Crippen molar-refractivity contribution in [1.29, 1.82) is 0 Å². The molecule has 4 N–H and O–H groups in total. The van der Waals surface area contributed by atoms with Gasteiger partial charge in [0.15, 0.2) is 5.65 Å². The number of nitrogens with one attached hydrogen (secondary N) is 2. The number of nitrogens with two attached hydrogens (primary N) is 1. The summed E-state index contributed by atoms with van der Waals surface area (Å²) in [7, 11) is 0. The summed E-state index contributed by atoms with van der Waals surface area (Å²) < 4.78 is 0. The first-order chi connectivity index (χ1) is 16.6. The molecule has 2 fully saturated rings. The van der Waals surface area contributed by atoms with E-state index in [9.17, 15) is 4.79 Å². The van der Waals surface area contributed by atoms with Crippen LogP contribution in [0.4, 0.5) is 5.95 Å². The van der Waals surface area contributed by atoms with Crippen LogP contribution in [0.1, 0.15) is 54.4 Å². The highest BCUT2D eigenvalue weighted by Gasteiger charge is 2.52. The summed E-state index contributed by atoms with van der Waals surface area (Å²) in [5.74, 6) is 1.30. The Bertz CT molecular complexity index is 1450. The van der Waals surface area contributed by atoms with E-state index in [4.69, 9.17) is 10.7 Å². The Labute approximate surface area is 195 Å². The minimum atomic E-state index is -0.402. The summed E-state index contributed by atoms with van der Waals surface area (Å²) in [6.07, 6.45) is 8.16. The lowest BCUT2D eigenvalue weighted by molar-refractivity contribution is 0.187. The van der Waals surface area contributed by atoms with Gasteiger partial charge in [0.1, 0.15) is 11.2 Å². The van der Waals surface area contributed by atoms with Gasteiger partial charge in [-0.05, 0) is 54.7 Å². The first-order valence-electron chi connectivity index (χ1n) is 11.9. The van der Waals surface area contributed by atoms with Gasteiger partial charge in [-0.3, -0.25) is 14.9 Å². The zero-order valence-electron chi connectivity index (χ0n) is 18.8. The Hall–Kier alpha value is -3.59. The molecule has 4 aromatic rings. The Morgan fingerprint density at radius 2 is 1.79 bits per heavy atom. The Balaban J connectivity index is 1.17. The standard InChI is InChI=1S/C25H26N8O/c26-18-16-5-2-1-4-15(16)14-24(18)8-12-33(13-9-24)23-29-20-17(21(34)30-23)19(31-32-20)25(6-7-25)22-27-10-3-11-28-22/h1-5,10-11,18H,6-9,12-14,26H2,(H2,29,30,31,32,34)/t18-/m1/s1. The van der Waals surface area contributed by atoms with Gasteiger partial charge in [0.25, 0.3) is 5.56 Å². The minimum absolute atomic E-state index is 0.0606. The van der Waals surface area contributed by atoms with Crippen LogP contribution in [0.25, 0.3) is 11.0 Å². The molecule has 1 saturated heterocycles. The van der Waals surface area contributed by atoms with Crippen LogP contribution in [0, 0.1) is 5.41 Å². The maximum absolute atomic E-state index is 13.2. The van der Waals surface area contributed by atoms with Crippen molar-refractivity contribution in [1.82, 2.24) is 30.1 Å². The molecule has 3 aliphatic rings. The van der Waals surface area contributed by atoms with Gasteiger partial charge in [-0.1, -0.05) is 24.3 Å². The van der Waals surface area contributed by atoms with E-state index in [1.54, 1.807) is 18.5 Å². The number of hydrogen-bond donors (Lipinski definition) is 3. The molecule has 1 aliphatic heterocycles. The SMILES string of the molecule is N[C@@H]1c2ccccc2CC12CCN(c1nc3[nH]nc(C4(c5ncccn5)CC4)c3c(=O)[nH]1)CC2. The van der Waals surface area contributed by atoms with E-state index in [0.717, 1.165) is 45.2 Å². The molecule has 9 heteroatoms. The maximum Gasteiger partial charge on any atom is 0.263 e. The molecule has 172 valence electrons. The van der Waals surface area contributed by atoms with Gasteiger partial charge in [-0.25, -0.2) is 9.97 Å². The second-order valence-corrected chi connectivity index (χ2v) is 10.0. The quantitative estimate of drug-likeness (QED) is 0.433. The summed E-state index contributed by atoms with van der Waals surface area (Å²) in [5, 5.41) is 8.04. The summed E-state index contributed by atoms with van der Waals surface area (Å²) in [5.41, 5.74) is 10.1. The van der Waals surface area contributed by atoms with Crippen LogP contribution in [0.15, 0.2) is 47.5 Å². The highest BCUT2D eigenvalue weighted by molar-refractivity contribution is 5.80. The zero-order valence-corrected chi connectivity index (χ0v) is 18.8. The normalized spacial score (nSPS) is 22.3. The maximum atomic E-state index is 13.2. The molecule has 1 spiro atoms. The second-order valence-electron chi connectivity index (χ2n) is 10.0. The van der Waals surface area contributed by atoms with E-state index in [0.29, 0.717) is 28.5 Å². The smallest absolute Gasteiger partial charge is 0.263 e. The predicted molar refractivity (Wildman–Crippen MR) is 128 cm³/mol. The van der Waals surface area contributed by atoms with Crippen LogP contribution in [0.5, 0.6) is 0 Å². The second kappa shape index (κ2) is 6.96. The van der Waals surface area contributed by atoms with Crippen LogP contribution < -0.4 is 16.2 Å². The largest absolute Gasteiger partial charge is 0.342 e. The molecular formula is C25H26N8O. The third kappa shape index (κ3) is 2.73. The monoisotopic (exact) mass is 454 g/mol. The van der Waals surface area contributed by atoms with Crippen molar-refractivity contribution in [2.45, 2.75) is 43.6 Å². The first-order valence-corrected chi connectivity index (χ1v) is 11.9. The number of fused-ring (bicyclic) bond motifs is 2. The van der Waals surface area contributed by atoms with Crippen molar-refractivity contribution in [3.05, 3.63) is 75.7 Å². The van der Waals surface area contributed by atoms with Crippen molar-refractivity contribution in [2.75, 3.05) is 18.0 Å². The lowest BCUT2D eigenvalue weighted by Gasteiger charge is -2.42. The lowest BCUT2D eigenvalue weighted by atomic mass is 9.73. The average Bonchev–Trinajstić information content (AvgIpc) is 3.49. The number of aromatic amines is 2. The number of anilines is 1. The molecule has 0 unspecified atom stereocenters. The van der Waals surface area contributed by atoms with Gasteiger partial charge in [0.2, 0.25) is 5.95 Å². The highest BCUT2D eigenvalue weighted by Crippen LogP contribution is 2.53. The van der Waals surface area contributed by atoms with E-state index in [2.05, 4.69) is 54.3 Å². The average molecular weight is 455 g/mol. The van der Waals surface area contributed by atoms with Crippen LogP contribution in [0.3, 0.4) is 0 Å². The molecule has 9 nitrogen and oxygen atoms in total. The van der Waals surface area contributed by atoms with E-state index in [-0.39, 0.29) is 17.0 Å². The van der Waals surface area contributed by atoms with Gasteiger partial charge in [-0.2, -0.15) is 10.1 Å². The Kier molecular flexibility index (Phi) is 4.06. The van der Waals surface area contributed by atoms with E-state index < -0.39 is 5.41 Å². The molecule has 0 radical (unpaired) electrons. The lowest BCUT2D eigenvalue weighted by Crippen LogP contribution is -2.45. The molecule has 34 heavy (non-hydrogen) atoms. The van der Waals surface area contributed by atoms with Crippen molar-refractivity contribution in [3.8, 4) is 0 Å². The fraction of sp³-hybridized carbons (Fsp3) is 0.400. The molecule has 1 saturated carbocycles. The molecule has 2 aliphatic carbocycles. The van der Waals surface area contributed by atoms with Gasteiger partial charge >= 0.3 is 0 Å². The molecule has 1 aromatic carbocycles. The summed E-state index contributed by atoms with van der Waals surface area (Å²) in [6, 6.07) is 10.4. The summed E-state index contributed by atoms with van der Waals surface area (Å²) in [6.45, 7) is 1.61. The van der Waals surface area contributed by atoms with Crippen LogP contribution >= 0.6 is 0 Å². The fourth-order valence-corrected chi connectivity index (χ4v) is 6.13. The van der Waals surface area contributed by atoms with Crippen LogP contribution in [0.2, 0.25) is 0 Å². The number of benzene rings is 1. The number of H-pyrrole nitrogens is 2. The fourth-order valence-electron chi connectivity index (χ4n) is 6.13. The predicted octanol–water partition coefficient (Wildman–Crippen LogP) is 2.36. The third-order valence-corrected chi connectivity index (χ3v) is 8.27. The van der Waals surface area contributed by atoms with Crippen molar-refractivity contribution < 1.29 is 0 Å². The molecule has 7 rings (SSSR count). The number of rotatable bonds is 3. The van der Waals surface area contributed by atoms with Crippen molar-refractivity contribution >= 4 is 17.0 Å². The topological polar surface area (TPSA) is 129 Å². The number of hydrogen-bond acceptors (Lipinski definition) is 7. The molecule has 3 aromatic heterocycles. The summed E-state index contributed by atoms with van der Waals surface area (Å²) >= 11 is 0. The number of aromatic nitrogens is 6. The highest BCUT2D eigenvalue weighted by atomic mass is 16.1. The Morgan fingerprint density at radius 1 is 1.03 bits per heavy atom. The van der Waals surface area contributed by atoms with Gasteiger partial charge in [0.05, 0.1) is 11.1 Å². The van der Waals surface area contributed by atoms with Gasteiger partial charge in [0, 0.05) is 31.5 Å². The molecular weight excluding hydrogens is 428 g/mol. The zero-order chi connectivity index (χ0) is 22.9. The van der Waals surface area contributed by atoms with Gasteiger partial charge < -0.3 is 10.6 Å². The molecule has 0 amide bonds. The van der Waals surface area contributed by atoms with E-state index in [1.807, 2.05) is 0 Å². The first kappa shape index (κ1) is 19.8. The number of piperidine rings is 1. The minimum Gasteiger partial charge on any atom is -0.342 e. The van der Waals surface area contributed by atoms with E-state index >= 15 is 0 Å². The molecule has 0 bridgehead atoms. The van der Waals surface area contributed by atoms with Gasteiger partial charge in [-0.15, -0.1) is 0 Å².